The van der Waals surface area contributed by atoms with Gasteiger partial charge in [-0.25, -0.2) is 0 Å². The molecule has 2 rings (SSSR count). The second-order valence-corrected chi connectivity index (χ2v) is 5.55. The SMILES string of the molecule is CCNC(=O)c1cccc(NC(=O)CNc2cccc([N+](=O)[O-])c2C)c1. The van der Waals surface area contributed by atoms with Gasteiger partial charge in [0.25, 0.3) is 11.6 Å². The van der Waals surface area contributed by atoms with Crippen LogP contribution in [0.4, 0.5) is 17.1 Å². The summed E-state index contributed by atoms with van der Waals surface area (Å²) >= 11 is 0. The average molecular weight is 356 g/mol. The molecule has 0 aliphatic carbocycles. The van der Waals surface area contributed by atoms with Crippen LogP contribution in [0.2, 0.25) is 0 Å². The molecule has 8 nitrogen and oxygen atoms in total. The largest absolute Gasteiger partial charge is 0.376 e. The first-order chi connectivity index (χ1) is 12.4. The number of anilines is 2. The van der Waals surface area contributed by atoms with Crippen LogP contribution < -0.4 is 16.0 Å². The van der Waals surface area contributed by atoms with E-state index in [1.807, 2.05) is 6.92 Å². The fraction of sp³-hybridized carbons (Fsp3) is 0.222. The summed E-state index contributed by atoms with van der Waals surface area (Å²) in [5.74, 6) is -0.544. The van der Waals surface area contributed by atoms with Gasteiger partial charge in [0.15, 0.2) is 0 Å². The molecule has 0 saturated carbocycles. The van der Waals surface area contributed by atoms with Gasteiger partial charge in [0.2, 0.25) is 5.91 Å². The Balaban J connectivity index is 2.00. The van der Waals surface area contributed by atoms with Crippen LogP contribution in [0.5, 0.6) is 0 Å². The fourth-order valence-electron chi connectivity index (χ4n) is 2.39. The third-order valence-electron chi connectivity index (χ3n) is 3.69. The van der Waals surface area contributed by atoms with Gasteiger partial charge in [-0.2, -0.15) is 0 Å². The minimum atomic E-state index is -0.465. The molecule has 0 fully saturated rings. The van der Waals surface area contributed by atoms with Crippen LogP contribution in [0.3, 0.4) is 0 Å². The number of nitro groups is 1. The zero-order chi connectivity index (χ0) is 19.1. The molecule has 0 saturated heterocycles. The summed E-state index contributed by atoms with van der Waals surface area (Å²) < 4.78 is 0. The molecule has 0 bridgehead atoms. The van der Waals surface area contributed by atoms with Crippen LogP contribution in [-0.4, -0.2) is 29.8 Å². The van der Waals surface area contributed by atoms with Crippen molar-refractivity contribution in [2.75, 3.05) is 23.7 Å². The summed E-state index contributed by atoms with van der Waals surface area (Å²) in [5.41, 5.74) is 1.92. The average Bonchev–Trinajstić information content (AvgIpc) is 2.61. The van der Waals surface area contributed by atoms with Crippen LogP contribution in [-0.2, 0) is 4.79 Å². The first-order valence-corrected chi connectivity index (χ1v) is 8.08. The van der Waals surface area contributed by atoms with Gasteiger partial charge >= 0.3 is 0 Å². The summed E-state index contributed by atoms with van der Waals surface area (Å²) in [6.45, 7) is 3.90. The molecule has 0 aliphatic heterocycles. The Labute approximate surface area is 150 Å². The van der Waals surface area contributed by atoms with E-state index in [0.29, 0.717) is 29.0 Å². The molecule has 2 aromatic carbocycles. The molecule has 0 aliphatic rings. The third kappa shape index (κ3) is 4.79. The first-order valence-electron chi connectivity index (χ1n) is 8.08. The number of benzene rings is 2. The molecule has 8 heteroatoms. The van der Waals surface area contributed by atoms with Gasteiger partial charge in [-0.3, -0.25) is 19.7 Å². The van der Waals surface area contributed by atoms with E-state index < -0.39 is 4.92 Å². The molecule has 0 spiro atoms. The molecule has 2 aromatic rings. The van der Waals surface area contributed by atoms with Gasteiger partial charge in [0, 0.05) is 35.1 Å². The summed E-state index contributed by atoms with van der Waals surface area (Å²) in [7, 11) is 0. The zero-order valence-corrected chi connectivity index (χ0v) is 14.5. The van der Waals surface area contributed by atoms with E-state index in [1.54, 1.807) is 43.3 Å². The lowest BCUT2D eigenvalue weighted by Gasteiger charge is -2.11. The highest BCUT2D eigenvalue weighted by molar-refractivity contribution is 5.98. The number of nitro benzene ring substituents is 1. The number of nitrogens with zero attached hydrogens (tertiary/aromatic N) is 1. The van der Waals surface area contributed by atoms with Crippen molar-refractivity contribution in [3.05, 3.63) is 63.7 Å². The third-order valence-corrected chi connectivity index (χ3v) is 3.69. The van der Waals surface area contributed by atoms with E-state index >= 15 is 0 Å². The summed E-state index contributed by atoms with van der Waals surface area (Å²) in [6.07, 6.45) is 0. The van der Waals surface area contributed by atoms with Crippen LogP contribution in [0.1, 0.15) is 22.8 Å². The van der Waals surface area contributed by atoms with Gasteiger partial charge in [0.1, 0.15) is 0 Å². The van der Waals surface area contributed by atoms with Crippen molar-refractivity contribution in [1.82, 2.24) is 5.32 Å². The van der Waals surface area contributed by atoms with Crippen molar-refractivity contribution in [3.8, 4) is 0 Å². The Kier molecular flexibility index (Phi) is 6.26. The van der Waals surface area contributed by atoms with E-state index in [2.05, 4.69) is 16.0 Å². The van der Waals surface area contributed by atoms with Crippen LogP contribution in [0, 0.1) is 17.0 Å². The van der Waals surface area contributed by atoms with E-state index in [1.165, 1.54) is 6.07 Å². The Morgan fingerprint density at radius 3 is 2.58 bits per heavy atom. The standard InChI is InChI=1S/C18H20N4O4/c1-3-19-18(24)13-6-4-7-14(10-13)21-17(23)11-20-15-8-5-9-16(12(15)2)22(25)26/h4-10,20H,3,11H2,1-2H3,(H,19,24)(H,21,23). The number of nitrogens with one attached hydrogen (secondary N) is 3. The molecule has 0 radical (unpaired) electrons. The molecular weight excluding hydrogens is 336 g/mol. The minimum absolute atomic E-state index is 0.00922. The predicted molar refractivity (Wildman–Crippen MR) is 99.4 cm³/mol. The van der Waals surface area contributed by atoms with Crippen molar-refractivity contribution in [1.29, 1.82) is 0 Å². The quantitative estimate of drug-likeness (QED) is 0.521. The minimum Gasteiger partial charge on any atom is -0.376 e. The number of carbonyl (C=O) groups is 2. The van der Waals surface area contributed by atoms with Crippen LogP contribution in [0.15, 0.2) is 42.5 Å². The maximum absolute atomic E-state index is 12.1. The predicted octanol–water partition coefficient (Wildman–Crippen LogP) is 2.70. The Bertz CT molecular complexity index is 836. The normalized spacial score (nSPS) is 10.1. The number of hydrogen-bond acceptors (Lipinski definition) is 5. The monoisotopic (exact) mass is 356 g/mol. The highest BCUT2D eigenvalue weighted by Gasteiger charge is 2.14. The molecule has 0 atom stereocenters. The molecule has 0 unspecified atom stereocenters. The molecule has 0 heterocycles. The molecule has 0 aromatic heterocycles. The van der Waals surface area contributed by atoms with Gasteiger partial charge in [-0.1, -0.05) is 12.1 Å². The van der Waals surface area contributed by atoms with E-state index in [9.17, 15) is 19.7 Å². The zero-order valence-electron chi connectivity index (χ0n) is 14.5. The van der Waals surface area contributed by atoms with Crippen molar-refractivity contribution in [3.63, 3.8) is 0 Å². The van der Waals surface area contributed by atoms with Crippen LogP contribution >= 0.6 is 0 Å². The lowest BCUT2D eigenvalue weighted by molar-refractivity contribution is -0.385. The second-order valence-electron chi connectivity index (χ2n) is 5.55. The van der Waals surface area contributed by atoms with Crippen molar-refractivity contribution < 1.29 is 14.5 Å². The highest BCUT2D eigenvalue weighted by Crippen LogP contribution is 2.24. The summed E-state index contributed by atoms with van der Waals surface area (Å²) in [6, 6.07) is 11.2. The Morgan fingerprint density at radius 1 is 1.15 bits per heavy atom. The fourth-order valence-corrected chi connectivity index (χ4v) is 2.39. The van der Waals surface area contributed by atoms with E-state index in [-0.39, 0.29) is 24.0 Å². The Morgan fingerprint density at radius 2 is 1.88 bits per heavy atom. The maximum Gasteiger partial charge on any atom is 0.274 e. The van der Waals surface area contributed by atoms with Crippen molar-refractivity contribution in [2.45, 2.75) is 13.8 Å². The van der Waals surface area contributed by atoms with Gasteiger partial charge in [-0.15, -0.1) is 0 Å². The lowest BCUT2D eigenvalue weighted by Crippen LogP contribution is -2.24. The van der Waals surface area contributed by atoms with Gasteiger partial charge in [-0.05, 0) is 38.1 Å². The molecular formula is C18H20N4O4. The van der Waals surface area contributed by atoms with Crippen molar-refractivity contribution >= 4 is 28.9 Å². The number of amides is 2. The Hall–Kier alpha value is -3.42. The molecule has 2 amide bonds. The smallest absolute Gasteiger partial charge is 0.274 e. The summed E-state index contributed by atoms with van der Waals surface area (Å²) in [5, 5.41) is 19.2. The molecule has 136 valence electrons. The molecule has 26 heavy (non-hydrogen) atoms. The first kappa shape index (κ1) is 18.9. The van der Waals surface area contributed by atoms with Crippen molar-refractivity contribution in [2.24, 2.45) is 0 Å². The number of rotatable bonds is 7. The second kappa shape index (κ2) is 8.61. The topological polar surface area (TPSA) is 113 Å². The van der Waals surface area contributed by atoms with E-state index in [0.717, 1.165) is 0 Å². The van der Waals surface area contributed by atoms with E-state index in [4.69, 9.17) is 0 Å². The number of carbonyl (C=O) groups excluding carboxylic acids is 2. The summed E-state index contributed by atoms with van der Waals surface area (Å²) in [4.78, 5) is 34.4. The van der Waals surface area contributed by atoms with Crippen LogP contribution in [0.25, 0.3) is 0 Å². The number of hydrogen-bond donors (Lipinski definition) is 3. The lowest BCUT2D eigenvalue weighted by atomic mass is 10.1. The van der Waals surface area contributed by atoms with Gasteiger partial charge < -0.3 is 16.0 Å². The molecule has 3 N–H and O–H groups in total. The maximum atomic E-state index is 12.1. The highest BCUT2D eigenvalue weighted by atomic mass is 16.6. The van der Waals surface area contributed by atoms with Gasteiger partial charge in [0.05, 0.1) is 11.5 Å².